The molecule has 1 N–H and O–H groups in total. The molecule has 2 heteroatoms. The fourth-order valence-corrected chi connectivity index (χ4v) is 3.76. The van der Waals surface area contributed by atoms with Crippen molar-refractivity contribution < 1.29 is 0 Å². The quantitative estimate of drug-likeness (QED) is 0.761. The summed E-state index contributed by atoms with van der Waals surface area (Å²) in [5.41, 5.74) is 2.75. The first kappa shape index (κ1) is 15.3. The van der Waals surface area contributed by atoms with Gasteiger partial charge in [0.15, 0.2) is 0 Å². The molecule has 2 aromatic rings. The van der Waals surface area contributed by atoms with Crippen LogP contribution in [0.15, 0.2) is 36.4 Å². The van der Waals surface area contributed by atoms with Crippen LogP contribution < -0.4 is 5.32 Å². The third kappa shape index (κ3) is 3.50. The summed E-state index contributed by atoms with van der Waals surface area (Å²) < 4.78 is 0. The Bertz CT molecular complexity index is 542. The first-order valence-electron chi connectivity index (χ1n) is 7.58. The Morgan fingerprint density at radius 3 is 2.55 bits per heavy atom. The number of nitrogens with one attached hydrogen (secondary N) is 1. The molecular formula is C18H25NS. The van der Waals surface area contributed by atoms with Crippen LogP contribution in [0.4, 0.5) is 0 Å². The van der Waals surface area contributed by atoms with Crippen LogP contribution in [0.25, 0.3) is 10.4 Å². The molecular weight excluding hydrogens is 262 g/mol. The van der Waals surface area contributed by atoms with Gasteiger partial charge < -0.3 is 5.32 Å². The van der Waals surface area contributed by atoms with Crippen LogP contribution >= 0.6 is 11.3 Å². The van der Waals surface area contributed by atoms with Crippen molar-refractivity contribution in [1.29, 1.82) is 0 Å². The van der Waals surface area contributed by atoms with Crippen molar-refractivity contribution in [1.82, 2.24) is 5.32 Å². The number of rotatable bonds is 6. The van der Waals surface area contributed by atoms with Gasteiger partial charge in [-0.2, -0.15) is 0 Å². The zero-order chi connectivity index (χ0) is 14.5. The van der Waals surface area contributed by atoms with E-state index in [1.54, 1.807) is 0 Å². The van der Waals surface area contributed by atoms with Crippen LogP contribution in [0, 0.1) is 5.92 Å². The van der Waals surface area contributed by atoms with Crippen molar-refractivity contribution in [3.63, 3.8) is 0 Å². The molecule has 0 aliphatic carbocycles. The fourth-order valence-electron chi connectivity index (χ4n) is 2.50. The highest BCUT2D eigenvalue weighted by atomic mass is 32.1. The van der Waals surface area contributed by atoms with Gasteiger partial charge in [0, 0.05) is 15.8 Å². The van der Waals surface area contributed by atoms with Gasteiger partial charge in [-0.05, 0) is 42.1 Å². The lowest BCUT2D eigenvalue weighted by molar-refractivity contribution is 0.428. The van der Waals surface area contributed by atoms with E-state index in [0.29, 0.717) is 12.0 Å². The molecule has 1 atom stereocenters. The SMILES string of the molecule is CCNC(c1ccc(-c2cccc(CC)c2)s1)C(C)C. The zero-order valence-corrected chi connectivity index (χ0v) is 13.8. The van der Waals surface area contributed by atoms with Crippen molar-refractivity contribution in [2.75, 3.05) is 6.54 Å². The summed E-state index contributed by atoms with van der Waals surface area (Å²) in [6, 6.07) is 13.9. The van der Waals surface area contributed by atoms with Gasteiger partial charge in [0.25, 0.3) is 0 Å². The molecule has 1 unspecified atom stereocenters. The number of benzene rings is 1. The van der Waals surface area contributed by atoms with E-state index in [9.17, 15) is 0 Å². The van der Waals surface area contributed by atoms with Crippen molar-refractivity contribution in [3.8, 4) is 10.4 Å². The summed E-state index contributed by atoms with van der Waals surface area (Å²) in [6.45, 7) is 9.96. The van der Waals surface area contributed by atoms with Gasteiger partial charge in [0.05, 0.1) is 0 Å². The summed E-state index contributed by atoms with van der Waals surface area (Å²) >= 11 is 1.92. The van der Waals surface area contributed by atoms with E-state index >= 15 is 0 Å². The topological polar surface area (TPSA) is 12.0 Å². The van der Waals surface area contributed by atoms with Crippen LogP contribution in [0.1, 0.15) is 44.2 Å². The molecule has 0 saturated carbocycles. The monoisotopic (exact) mass is 287 g/mol. The summed E-state index contributed by atoms with van der Waals surface area (Å²) in [5.74, 6) is 0.614. The van der Waals surface area contributed by atoms with Crippen LogP contribution in [-0.2, 0) is 6.42 Å². The minimum Gasteiger partial charge on any atom is -0.309 e. The van der Waals surface area contributed by atoms with Crippen LogP contribution in [-0.4, -0.2) is 6.54 Å². The molecule has 0 aliphatic heterocycles. The number of hydrogen-bond acceptors (Lipinski definition) is 2. The Hall–Kier alpha value is -1.12. The van der Waals surface area contributed by atoms with E-state index < -0.39 is 0 Å². The Morgan fingerprint density at radius 1 is 1.10 bits per heavy atom. The number of thiophene rings is 1. The first-order valence-corrected chi connectivity index (χ1v) is 8.39. The summed E-state index contributed by atoms with van der Waals surface area (Å²) in [5, 5.41) is 3.60. The maximum absolute atomic E-state index is 3.60. The van der Waals surface area contributed by atoms with E-state index in [2.05, 4.69) is 69.4 Å². The highest BCUT2D eigenvalue weighted by Crippen LogP contribution is 2.34. The maximum atomic E-state index is 3.60. The number of hydrogen-bond donors (Lipinski definition) is 1. The third-order valence-electron chi connectivity index (χ3n) is 3.64. The molecule has 108 valence electrons. The maximum Gasteiger partial charge on any atom is 0.0438 e. The number of aryl methyl sites for hydroxylation is 1. The Balaban J connectivity index is 2.27. The van der Waals surface area contributed by atoms with Gasteiger partial charge in [-0.25, -0.2) is 0 Å². The minimum absolute atomic E-state index is 0.466. The Morgan fingerprint density at radius 2 is 1.90 bits per heavy atom. The summed E-state index contributed by atoms with van der Waals surface area (Å²) in [4.78, 5) is 2.82. The van der Waals surface area contributed by atoms with E-state index in [1.807, 2.05) is 11.3 Å². The van der Waals surface area contributed by atoms with Crippen LogP contribution in [0.5, 0.6) is 0 Å². The third-order valence-corrected chi connectivity index (χ3v) is 4.86. The van der Waals surface area contributed by atoms with Gasteiger partial charge in [-0.15, -0.1) is 11.3 Å². The van der Waals surface area contributed by atoms with Gasteiger partial charge in [-0.3, -0.25) is 0 Å². The second-order valence-corrected chi connectivity index (χ2v) is 6.65. The second kappa shape index (κ2) is 7.05. The predicted molar refractivity (Wildman–Crippen MR) is 90.4 cm³/mol. The molecule has 1 aromatic carbocycles. The smallest absolute Gasteiger partial charge is 0.0438 e. The van der Waals surface area contributed by atoms with E-state index in [-0.39, 0.29) is 0 Å². The van der Waals surface area contributed by atoms with Crippen LogP contribution in [0.3, 0.4) is 0 Å². The molecule has 0 radical (unpaired) electrons. The lowest BCUT2D eigenvalue weighted by Gasteiger charge is -2.20. The lowest BCUT2D eigenvalue weighted by atomic mass is 10.0. The Kier molecular flexibility index (Phi) is 5.38. The predicted octanol–water partition coefficient (Wildman–Crippen LogP) is 5.28. The molecule has 1 heterocycles. The van der Waals surface area contributed by atoms with Crippen molar-refractivity contribution in [3.05, 3.63) is 46.8 Å². The molecule has 0 fully saturated rings. The molecule has 0 spiro atoms. The highest BCUT2D eigenvalue weighted by molar-refractivity contribution is 7.15. The summed E-state index contributed by atoms with van der Waals surface area (Å²) in [6.07, 6.45) is 1.10. The van der Waals surface area contributed by atoms with E-state index in [0.717, 1.165) is 13.0 Å². The molecule has 1 aromatic heterocycles. The Labute approximate surface area is 127 Å². The molecule has 0 aliphatic rings. The highest BCUT2D eigenvalue weighted by Gasteiger charge is 2.16. The molecule has 0 amide bonds. The van der Waals surface area contributed by atoms with Crippen molar-refractivity contribution in [2.24, 2.45) is 5.92 Å². The minimum atomic E-state index is 0.466. The first-order chi connectivity index (χ1) is 9.65. The zero-order valence-electron chi connectivity index (χ0n) is 12.9. The second-order valence-electron chi connectivity index (χ2n) is 5.54. The van der Waals surface area contributed by atoms with Gasteiger partial charge in [-0.1, -0.05) is 52.0 Å². The van der Waals surface area contributed by atoms with E-state index in [1.165, 1.54) is 20.9 Å². The molecule has 0 bridgehead atoms. The van der Waals surface area contributed by atoms with E-state index in [4.69, 9.17) is 0 Å². The molecule has 0 saturated heterocycles. The fraction of sp³-hybridized carbons (Fsp3) is 0.444. The normalized spacial score (nSPS) is 12.8. The van der Waals surface area contributed by atoms with Gasteiger partial charge in [0.2, 0.25) is 0 Å². The van der Waals surface area contributed by atoms with Crippen LogP contribution in [0.2, 0.25) is 0 Å². The molecule has 1 nitrogen and oxygen atoms in total. The lowest BCUT2D eigenvalue weighted by Crippen LogP contribution is -2.24. The molecule has 2 rings (SSSR count). The summed E-state index contributed by atoms with van der Waals surface area (Å²) in [7, 11) is 0. The van der Waals surface area contributed by atoms with Crippen molar-refractivity contribution in [2.45, 2.75) is 40.2 Å². The van der Waals surface area contributed by atoms with Gasteiger partial charge in [0.1, 0.15) is 0 Å². The standard InChI is InChI=1S/C18H25NS/c1-5-14-8-7-9-15(12-14)16-10-11-17(20-16)18(13(3)4)19-6-2/h7-13,18-19H,5-6H2,1-4H3. The average molecular weight is 287 g/mol. The molecule has 20 heavy (non-hydrogen) atoms. The van der Waals surface area contributed by atoms with Gasteiger partial charge >= 0.3 is 0 Å². The average Bonchev–Trinajstić information content (AvgIpc) is 2.94. The van der Waals surface area contributed by atoms with Crippen molar-refractivity contribution >= 4 is 11.3 Å². The largest absolute Gasteiger partial charge is 0.309 e.